The Bertz CT molecular complexity index is 300. The minimum Gasteiger partial charge on any atom is -0.380 e. The fraction of sp³-hybridized carbons (Fsp3) is 0.444. The number of hydrogen-bond donors (Lipinski definition) is 1. The summed E-state index contributed by atoms with van der Waals surface area (Å²) in [6, 6.07) is 1.98. The van der Waals surface area contributed by atoms with Crippen molar-refractivity contribution in [3.63, 3.8) is 0 Å². The normalized spacial score (nSPS) is 16.2. The molecule has 0 radical (unpaired) electrons. The summed E-state index contributed by atoms with van der Waals surface area (Å²) in [6.45, 7) is 3.52. The van der Waals surface area contributed by atoms with E-state index >= 15 is 0 Å². The van der Waals surface area contributed by atoms with Gasteiger partial charge in [-0.3, -0.25) is 4.98 Å². The van der Waals surface area contributed by atoms with E-state index in [4.69, 9.17) is 16.3 Å². The lowest BCUT2D eigenvalue weighted by molar-refractivity contribution is 0.00828. The summed E-state index contributed by atoms with van der Waals surface area (Å²) >= 11 is 5.94. The van der Waals surface area contributed by atoms with Gasteiger partial charge in [-0.05, 0) is 18.6 Å². The fourth-order valence-corrected chi connectivity index (χ4v) is 1.35. The van der Waals surface area contributed by atoms with E-state index in [1.54, 1.807) is 0 Å². The van der Waals surface area contributed by atoms with Gasteiger partial charge in [-0.1, -0.05) is 11.6 Å². The first-order chi connectivity index (χ1) is 5.77. The highest BCUT2D eigenvalue weighted by molar-refractivity contribution is 6.31. The third kappa shape index (κ3) is 1.99. The highest BCUT2D eigenvalue weighted by Gasteiger charge is 2.21. The van der Waals surface area contributed by atoms with E-state index < -0.39 is 0 Å². The van der Waals surface area contributed by atoms with E-state index in [1.165, 1.54) is 5.56 Å². The second-order valence-electron chi connectivity index (χ2n) is 3.07. The Morgan fingerprint density at radius 3 is 2.69 bits per heavy atom. The maximum Gasteiger partial charge on any atom is 0.0621 e. The molecule has 1 saturated heterocycles. The average molecular weight is 201 g/mol. The first kappa shape index (κ1) is 10.4. The zero-order valence-electron chi connectivity index (χ0n) is 7.59. The molecule has 1 aliphatic heterocycles. The summed E-state index contributed by atoms with van der Waals surface area (Å²) in [6.07, 6.45) is 1.88. The quantitative estimate of drug-likeness (QED) is 0.757. The maximum atomic E-state index is 5.94. The van der Waals surface area contributed by atoms with Crippen molar-refractivity contribution in [2.45, 2.75) is 12.8 Å². The topological polar surface area (TPSA) is 57.1 Å². The molecule has 2 rings (SSSR count). The largest absolute Gasteiger partial charge is 0.380 e. The summed E-state index contributed by atoms with van der Waals surface area (Å²) in [5.74, 6) is 0.510. The van der Waals surface area contributed by atoms with Crippen molar-refractivity contribution in [3.05, 3.63) is 28.5 Å². The molecule has 13 heavy (non-hydrogen) atoms. The van der Waals surface area contributed by atoms with Crippen LogP contribution in [0.4, 0.5) is 0 Å². The zero-order chi connectivity index (χ0) is 8.55. The van der Waals surface area contributed by atoms with E-state index in [0.717, 1.165) is 23.9 Å². The van der Waals surface area contributed by atoms with Crippen LogP contribution in [0.25, 0.3) is 0 Å². The van der Waals surface area contributed by atoms with E-state index in [2.05, 4.69) is 4.98 Å². The third-order valence-corrected chi connectivity index (χ3v) is 2.54. The van der Waals surface area contributed by atoms with Crippen LogP contribution < -0.4 is 6.15 Å². The number of pyridine rings is 1. The molecule has 72 valence electrons. The molecule has 0 atom stereocenters. The second kappa shape index (κ2) is 4.05. The van der Waals surface area contributed by atoms with Crippen LogP contribution in [0, 0.1) is 6.92 Å². The molecule has 1 aromatic heterocycles. The van der Waals surface area contributed by atoms with Crippen LogP contribution in [-0.2, 0) is 4.74 Å². The zero-order valence-corrected chi connectivity index (χ0v) is 8.34. The van der Waals surface area contributed by atoms with Gasteiger partial charge < -0.3 is 10.9 Å². The highest BCUT2D eigenvalue weighted by Crippen LogP contribution is 2.26. The Kier molecular flexibility index (Phi) is 3.25. The lowest BCUT2D eigenvalue weighted by Gasteiger charge is -2.26. The Labute approximate surface area is 82.7 Å². The predicted molar refractivity (Wildman–Crippen MR) is 52.6 cm³/mol. The van der Waals surface area contributed by atoms with Gasteiger partial charge in [-0.15, -0.1) is 0 Å². The molecule has 0 amide bonds. The van der Waals surface area contributed by atoms with Gasteiger partial charge in [0.2, 0.25) is 0 Å². The van der Waals surface area contributed by atoms with E-state index in [0.29, 0.717) is 5.92 Å². The van der Waals surface area contributed by atoms with E-state index in [1.807, 2.05) is 19.2 Å². The molecule has 1 aromatic rings. The van der Waals surface area contributed by atoms with Gasteiger partial charge in [-0.25, -0.2) is 0 Å². The lowest BCUT2D eigenvalue weighted by Crippen LogP contribution is -2.25. The predicted octanol–water partition coefficient (Wildman–Crippen LogP) is 2.32. The van der Waals surface area contributed by atoms with Crippen molar-refractivity contribution in [1.29, 1.82) is 0 Å². The molecule has 4 heteroatoms. The molecule has 1 fully saturated rings. The van der Waals surface area contributed by atoms with Crippen molar-refractivity contribution in [2.75, 3.05) is 13.2 Å². The standard InChI is InChI=1S/C9H10ClNO.H3N/c1-6-9(10)2-7(3-11-6)8-4-12-5-8;/h2-3,8H,4-5H2,1H3;1H3. The number of nitrogens with zero attached hydrogens (tertiary/aromatic N) is 1. The summed E-state index contributed by atoms with van der Waals surface area (Å²) in [7, 11) is 0. The highest BCUT2D eigenvalue weighted by atomic mass is 35.5. The maximum absolute atomic E-state index is 5.94. The van der Waals surface area contributed by atoms with Crippen LogP contribution in [-0.4, -0.2) is 18.2 Å². The molecule has 0 unspecified atom stereocenters. The Balaban J connectivity index is 0.000000845. The number of ether oxygens (including phenoxy) is 1. The van der Waals surface area contributed by atoms with Crippen molar-refractivity contribution in [1.82, 2.24) is 11.1 Å². The monoisotopic (exact) mass is 200 g/mol. The Morgan fingerprint density at radius 1 is 1.54 bits per heavy atom. The van der Waals surface area contributed by atoms with Gasteiger partial charge in [-0.2, -0.15) is 0 Å². The number of hydrogen-bond acceptors (Lipinski definition) is 3. The van der Waals surface area contributed by atoms with Gasteiger partial charge in [0.05, 0.1) is 23.9 Å². The lowest BCUT2D eigenvalue weighted by atomic mass is 9.99. The Hall–Kier alpha value is -0.640. The number of halogens is 1. The third-order valence-electron chi connectivity index (χ3n) is 2.16. The molecule has 3 nitrogen and oxygen atoms in total. The molecular formula is C9H13ClN2O. The van der Waals surface area contributed by atoms with Crippen LogP contribution in [0.1, 0.15) is 17.2 Å². The molecule has 2 heterocycles. The average Bonchev–Trinajstić information content (AvgIpc) is 1.93. The summed E-state index contributed by atoms with van der Waals surface area (Å²) < 4.78 is 5.09. The second-order valence-corrected chi connectivity index (χ2v) is 3.48. The minimum atomic E-state index is 0. The van der Waals surface area contributed by atoms with Gasteiger partial charge in [0.15, 0.2) is 0 Å². The molecule has 0 saturated carbocycles. The van der Waals surface area contributed by atoms with E-state index in [9.17, 15) is 0 Å². The van der Waals surface area contributed by atoms with Crippen molar-refractivity contribution in [2.24, 2.45) is 0 Å². The molecule has 3 N–H and O–H groups in total. The van der Waals surface area contributed by atoms with Crippen LogP contribution in [0.3, 0.4) is 0 Å². The molecule has 0 spiro atoms. The van der Waals surface area contributed by atoms with Gasteiger partial charge in [0, 0.05) is 12.1 Å². The van der Waals surface area contributed by atoms with Gasteiger partial charge in [0.1, 0.15) is 0 Å². The van der Waals surface area contributed by atoms with Crippen molar-refractivity contribution < 1.29 is 4.74 Å². The summed E-state index contributed by atoms with van der Waals surface area (Å²) in [5.41, 5.74) is 2.08. The van der Waals surface area contributed by atoms with Gasteiger partial charge >= 0.3 is 0 Å². The smallest absolute Gasteiger partial charge is 0.0621 e. The first-order valence-corrected chi connectivity index (χ1v) is 4.35. The van der Waals surface area contributed by atoms with Crippen LogP contribution in [0.2, 0.25) is 5.02 Å². The van der Waals surface area contributed by atoms with Crippen LogP contribution >= 0.6 is 11.6 Å². The summed E-state index contributed by atoms with van der Waals surface area (Å²) in [4.78, 5) is 4.19. The fourth-order valence-electron chi connectivity index (χ4n) is 1.17. The van der Waals surface area contributed by atoms with Crippen LogP contribution in [0.15, 0.2) is 12.3 Å². The van der Waals surface area contributed by atoms with Crippen molar-refractivity contribution in [3.8, 4) is 0 Å². The van der Waals surface area contributed by atoms with Crippen LogP contribution in [0.5, 0.6) is 0 Å². The number of rotatable bonds is 1. The summed E-state index contributed by atoms with van der Waals surface area (Å²) in [5, 5.41) is 0.749. The molecule has 0 aliphatic carbocycles. The molecular weight excluding hydrogens is 188 g/mol. The minimum absolute atomic E-state index is 0. The number of aromatic nitrogens is 1. The Morgan fingerprint density at radius 2 is 2.23 bits per heavy atom. The SMILES string of the molecule is Cc1ncc(C2COC2)cc1Cl.N. The molecule has 1 aliphatic rings. The molecule has 0 bridgehead atoms. The van der Waals surface area contributed by atoms with E-state index in [-0.39, 0.29) is 6.15 Å². The van der Waals surface area contributed by atoms with Crippen molar-refractivity contribution >= 4 is 11.6 Å². The van der Waals surface area contributed by atoms with Gasteiger partial charge in [0.25, 0.3) is 0 Å². The number of aryl methyl sites for hydroxylation is 1. The molecule has 0 aromatic carbocycles. The first-order valence-electron chi connectivity index (χ1n) is 3.97.